The third-order valence-electron chi connectivity index (χ3n) is 4.59. The van der Waals surface area contributed by atoms with E-state index in [0.717, 1.165) is 17.7 Å². The molecule has 0 saturated heterocycles. The Kier molecular flexibility index (Phi) is 7.08. The van der Waals surface area contributed by atoms with Gasteiger partial charge >= 0.3 is 0 Å². The van der Waals surface area contributed by atoms with Gasteiger partial charge in [0, 0.05) is 5.69 Å². The van der Waals surface area contributed by atoms with Gasteiger partial charge in [0.05, 0.1) is 19.6 Å². The van der Waals surface area contributed by atoms with Crippen molar-refractivity contribution in [2.24, 2.45) is 0 Å². The maximum absolute atomic E-state index is 12.3. The van der Waals surface area contributed by atoms with Crippen LogP contribution in [-0.4, -0.2) is 56.1 Å². The van der Waals surface area contributed by atoms with E-state index >= 15 is 0 Å². The van der Waals surface area contributed by atoms with Crippen LogP contribution in [0.25, 0.3) is 0 Å². The van der Waals surface area contributed by atoms with Crippen molar-refractivity contribution in [3.8, 4) is 11.5 Å². The Balaban J connectivity index is 1.39. The molecule has 29 heavy (non-hydrogen) atoms. The number of hydrogen-bond donors (Lipinski definition) is 2. The summed E-state index contributed by atoms with van der Waals surface area (Å²) < 4.78 is 11.5. The molecule has 2 aromatic rings. The van der Waals surface area contributed by atoms with Gasteiger partial charge in [0.25, 0.3) is 0 Å². The van der Waals surface area contributed by atoms with Gasteiger partial charge in [-0.1, -0.05) is 37.3 Å². The molecule has 0 aliphatic carbocycles. The molecule has 1 unspecified atom stereocenters. The van der Waals surface area contributed by atoms with Crippen molar-refractivity contribution in [1.29, 1.82) is 0 Å². The average molecular weight is 397 g/mol. The lowest BCUT2D eigenvalue weighted by atomic mass is 10.1. The number of ether oxygens (including phenoxy) is 2. The first-order chi connectivity index (χ1) is 14.0. The molecule has 1 atom stereocenters. The Morgan fingerprint density at radius 3 is 2.52 bits per heavy atom. The van der Waals surface area contributed by atoms with Crippen molar-refractivity contribution in [1.82, 2.24) is 10.2 Å². The Morgan fingerprint density at radius 2 is 1.72 bits per heavy atom. The van der Waals surface area contributed by atoms with Crippen LogP contribution in [0.15, 0.2) is 48.5 Å². The minimum absolute atomic E-state index is 0.118. The first-order valence-electron chi connectivity index (χ1n) is 9.76. The van der Waals surface area contributed by atoms with Gasteiger partial charge in [-0.05, 0) is 37.2 Å². The summed E-state index contributed by atoms with van der Waals surface area (Å²) in [4.78, 5) is 26.1. The van der Waals surface area contributed by atoms with Crippen molar-refractivity contribution in [2.45, 2.75) is 19.4 Å². The third-order valence-corrected chi connectivity index (χ3v) is 4.59. The molecular weight excluding hydrogens is 370 g/mol. The fraction of sp³-hybridized carbons (Fsp3) is 0.364. The van der Waals surface area contributed by atoms with Crippen LogP contribution in [0.3, 0.4) is 0 Å². The summed E-state index contributed by atoms with van der Waals surface area (Å²) in [5, 5.41) is 5.75. The van der Waals surface area contributed by atoms with E-state index in [4.69, 9.17) is 9.47 Å². The monoisotopic (exact) mass is 397 g/mol. The lowest BCUT2D eigenvalue weighted by Crippen LogP contribution is -2.44. The van der Waals surface area contributed by atoms with Crippen molar-refractivity contribution in [3.63, 3.8) is 0 Å². The van der Waals surface area contributed by atoms with Crippen molar-refractivity contribution in [3.05, 3.63) is 54.1 Å². The van der Waals surface area contributed by atoms with E-state index in [1.54, 1.807) is 11.9 Å². The number of anilines is 1. The Labute approximate surface area is 171 Å². The van der Waals surface area contributed by atoms with Crippen molar-refractivity contribution >= 4 is 17.5 Å². The molecule has 0 radical (unpaired) electrons. The molecule has 2 N–H and O–H groups in total. The first kappa shape index (κ1) is 20.7. The largest absolute Gasteiger partial charge is 0.486 e. The molecule has 0 saturated carbocycles. The molecule has 0 fully saturated rings. The molecule has 154 valence electrons. The number of benzene rings is 2. The standard InChI is InChI=1S/C22H27N3O4/c1-3-16-8-4-5-9-18(16)24-22(27)14-25(2)13-21(26)23-12-17-15-28-19-10-6-7-11-20(19)29-17/h4-11,17H,3,12-15H2,1-2H3,(H,23,26)(H,24,27). The number of amides is 2. The van der Waals surface area contributed by atoms with E-state index in [0.29, 0.717) is 24.7 Å². The fourth-order valence-corrected chi connectivity index (χ4v) is 3.13. The van der Waals surface area contributed by atoms with Gasteiger partial charge in [-0.3, -0.25) is 14.5 Å². The van der Waals surface area contributed by atoms with Gasteiger partial charge < -0.3 is 20.1 Å². The second kappa shape index (κ2) is 9.93. The Morgan fingerprint density at radius 1 is 1.03 bits per heavy atom. The highest BCUT2D eigenvalue weighted by Gasteiger charge is 2.21. The fourth-order valence-electron chi connectivity index (χ4n) is 3.13. The first-order valence-corrected chi connectivity index (χ1v) is 9.76. The highest BCUT2D eigenvalue weighted by atomic mass is 16.6. The minimum Gasteiger partial charge on any atom is -0.486 e. The molecule has 1 aliphatic rings. The van der Waals surface area contributed by atoms with E-state index in [9.17, 15) is 9.59 Å². The molecule has 2 aromatic carbocycles. The SMILES string of the molecule is CCc1ccccc1NC(=O)CN(C)CC(=O)NCC1COc2ccccc2O1. The maximum atomic E-state index is 12.3. The molecule has 0 bridgehead atoms. The van der Waals surface area contributed by atoms with Gasteiger partial charge in [0.15, 0.2) is 11.5 Å². The molecule has 0 aromatic heterocycles. The van der Waals surface area contributed by atoms with Gasteiger partial charge in [0.2, 0.25) is 11.8 Å². The van der Waals surface area contributed by atoms with Crippen LogP contribution in [0.1, 0.15) is 12.5 Å². The third kappa shape index (κ3) is 5.96. The second-order valence-corrected chi connectivity index (χ2v) is 7.03. The van der Waals surface area contributed by atoms with Crippen LogP contribution in [0.5, 0.6) is 11.5 Å². The zero-order valence-electron chi connectivity index (χ0n) is 16.8. The van der Waals surface area contributed by atoms with Gasteiger partial charge in [-0.2, -0.15) is 0 Å². The number of aryl methyl sites for hydroxylation is 1. The van der Waals surface area contributed by atoms with Crippen molar-refractivity contribution in [2.75, 3.05) is 38.6 Å². The van der Waals surface area contributed by atoms with Crippen LogP contribution in [0, 0.1) is 0 Å². The lowest BCUT2D eigenvalue weighted by Gasteiger charge is -2.26. The van der Waals surface area contributed by atoms with Crippen LogP contribution in [-0.2, 0) is 16.0 Å². The number of carbonyl (C=O) groups excluding carboxylic acids is 2. The summed E-state index contributed by atoms with van der Waals surface area (Å²) in [5.74, 6) is 1.07. The summed E-state index contributed by atoms with van der Waals surface area (Å²) in [7, 11) is 1.74. The number of nitrogens with zero attached hydrogens (tertiary/aromatic N) is 1. The number of fused-ring (bicyclic) bond motifs is 1. The normalized spacial score (nSPS) is 15.1. The summed E-state index contributed by atoms with van der Waals surface area (Å²) >= 11 is 0. The summed E-state index contributed by atoms with van der Waals surface area (Å²) in [6, 6.07) is 15.2. The van der Waals surface area contributed by atoms with E-state index < -0.39 is 0 Å². The van der Waals surface area contributed by atoms with Crippen LogP contribution in [0.2, 0.25) is 0 Å². The topological polar surface area (TPSA) is 79.9 Å². The van der Waals surface area contributed by atoms with Crippen LogP contribution in [0.4, 0.5) is 5.69 Å². The zero-order valence-corrected chi connectivity index (χ0v) is 16.8. The number of para-hydroxylation sites is 3. The Hall–Kier alpha value is -3.06. The average Bonchev–Trinajstić information content (AvgIpc) is 2.72. The summed E-state index contributed by atoms with van der Waals surface area (Å²) in [6.07, 6.45) is 0.597. The zero-order chi connectivity index (χ0) is 20.6. The van der Waals surface area contributed by atoms with Gasteiger partial charge in [0.1, 0.15) is 12.7 Å². The number of nitrogens with one attached hydrogen (secondary N) is 2. The minimum atomic E-state index is -0.243. The smallest absolute Gasteiger partial charge is 0.238 e. The lowest BCUT2D eigenvalue weighted by molar-refractivity contribution is -0.123. The van der Waals surface area contributed by atoms with Crippen LogP contribution < -0.4 is 20.1 Å². The molecular formula is C22H27N3O4. The van der Waals surface area contributed by atoms with E-state index in [2.05, 4.69) is 10.6 Å². The molecule has 7 heteroatoms. The van der Waals surface area contributed by atoms with E-state index in [1.165, 1.54) is 0 Å². The highest BCUT2D eigenvalue weighted by molar-refractivity contribution is 5.93. The predicted molar refractivity (Wildman–Crippen MR) is 111 cm³/mol. The summed E-state index contributed by atoms with van der Waals surface area (Å²) in [5.41, 5.74) is 1.89. The highest BCUT2D eigenvalue weighted by Crippen LogP contribution is 2.30. The quantitative estimate of drug-likeness (QED) is 0.713. The molecule has 1 aliphatic heterocycles. The van der Waals surface area contributed by atoms with Gasteiger partial charge in [-0.15, -0.1) is 0 Å². The van der Waals surface area contributed by atoms with Crippen molar-refractivity contribution < 1.29 is 19.1 Å². The Bertz CT molecular complexity index is 855. The molecule has 7 nitrogen and oxygen atoms in total. The number of carbonyl (C=O) groups is 2. The maximum Gasteiger partial charge on any atom is 0.238 e. The summed E-state index contributed by atoms with van der Waals surface area (Å²) in [6.45, 7) is 3.01. The number of rotatable bonds is 8. The van der Waals surface area contributed by atoms with Crippen LogP contribution >= 0.6 is 0 Å². The predicted octanol–water partition coefficient (Wildman–Crippen LogP) is 2.08. The van der Waals surface area contributed by atoms with Gasteiger partial charge in [-0.25, -0.2) is 0 Å². The molecule has 3 rings (SSSR count). The van der Waals surface area contributed by atoms with E-state index in [-0.39, 0.29) is 31.0 Å². The molecule has 2 amide bonds. The molecule has 0 spiro atoms. The second-order valence-electron chi connectivity index (χ2n) is 7.03. The molecule has 1 heterocycles. The van der Waals surface area contributed by atoms with E-state index in [1.807, 2.05) is 55.5 Å². The number of hydrogen-bond acceptors (Lipinski definition) is 5. The number of likely N-dealkylation sites (N-methyl/N-ethyl adjacent to an activating group) is 1.